The summed E-state index contributed by atoms with van der Waals surface area (Å²) in [5.41, 5.74) is 3.24. The molecule has 25 heavy (non-hydrogen) atoms. The molecule has 2 amide bonds. The Hall–Kier alpha value is -2.88. The molecule has 0 saturated carbocycles. The number of amides is 2. The SMILES string of the molecule is CC1CCNC(=O)C1NC(=O)/C=C/c1ccc(-c2ccccc2)cc1. The van der Waals surface area contributed by atoms with Crippen molar-refractivity contribution in [2.75, 3.05) is 6.54 Å². The van der Waals surface area contributed by atoms with Crippen molar-refractivity contribution in [3.05, 3.63) is 66.2 Å². The van der Waals surface area contributed by atoms with Gasteiger partial charge in [-0.1, -0.05) is 61.5 Å². The number of carbonyl (C=O) groups is 2. The van der Waals surface area contributed by atoms with Gasteiger partial charge in [-0.25, -0.2) is 0 Å². The lowest BCUT2D eigenvalue weighted by molar-refractivity contribution is -0.129. The van der Waals surface area contributed by atoms with Gasteiger partial charge in [0.25, 0.3) is 0 Å². The summed E-state index contributed by atoms with van der Waals surface area (Å²) in [7, 11) is 0. The molecule has 1 saturated heterocycles. The standard InChI is InChI=1S/C21H22N2O2/c1-15-13-14-22-21(25)20(15)23-19(24)12-9-16-7-10-18(11-8-16)17-5-3-2-4-6-17/h2-12,15,20H,13-14H2,1H3,(H,22,25)(H,23,24)/b12-9+. The second-order valence-corrected chi connectivity index (χ2v) is 6.36. The van der Waals surface area contributed by atoms with Crippen LogP contribution >= 0.6 is 0 Å². The molecule has 1 aliphatic rings. The average Bonchev–Trinajstić information content (AvgIpc) is 2.64. The van der Waals surface area contributed by atoms with Gasteiger partial charge in [-0.05, 0) is 35.1 Å². The second kappa shape index (κ2) is 7.79. The van der Waals surface area contributed by atoms with Crippen LogP contribution in [0.2, 0.25) is 0 Å². The van der Waals surface area contributed by atoms with Gasteiger partial charge in [0.1, 0.15) is 6.04 Å². The summed E-state index contributed by atoms with van der Waals surface area (Å²) in [6, 6.07) is 17.7. The molecule has 1 aliphatic heterocycles. The van der Waals surface area contributed by atoms with Crippen LogP contribution in [-0.4, -0.2) is 24.4 Å². The molecule has 2 aromatic rings. The van der Waals surface area contributed by atoms with Crippen LogP contribution in [0.3, 0.4) is 0 Å². The van der Waals surface area contributed by atoms with Crippen LogP contribution in [0.1, 0.15) is 18.9 Å². The van der Waals surface area contributed by atoms with Crippen molar-refractivity contribution in [1.82, 2.24) is 10.6 Å². The fraction of sp³-hybridized carbons (Fsp3) is 0.238. The molecule has 1 fully saturated rings. The summed E-state index contributed by atoms with van der Waals surface area (Å²) in [5.74, 6) is -0.204. The zero-order chi connectivity index (χ0) is 17.6. The molecule has 2 atom stereocenters. The number of benzene rings is 2. The quantitative estimate of drug-likeness (QED) is 0.845. The van der Waals surface area contributed by atoms with Gasteiger partial charge in [0.05, 0.1) is 0 Å². The lowest BCUT2D eigenvalue weighted by Crippen LogP contribution is -2.54. The highest BCUT2D eigenvalue weighted by atomic mass is 16.2. The Morgan fingerprint density at radius 2 is 1.76 bits per heavy atom. The van der Waals surface area contributed by atoms with Gasteiger partial charge in [0, 0.05) is 12.6 Å². The molecule has 0 aliphatic carbocycles. The fourth-order valence-electron chi connectivity index (χ4n) is 2.96. The maximum atomic E-state index is 12.1. The predicted molar refractivity (Wildman–Crippen MR) is 99.6 cm³/mol. The van der Waals surface area contributed by atoms with Gasteiger partial charge in [-0.15, -0.1) is 0 Å². The first-order valence-corrected chi connectivity index (χ1v) is 8.55. The maximum Gasteiger partial charge on any atom is 0.244 e. The number of rotatable bonds is 4. The second-order valence-electron chi connectivity index (χ2n) is 6.36. The molecule has 0 bridgehead atoms. The van der Waals surface area contributed by atoms with Gasteiger partial charge < -0.3 is 10.6 Å². The van der Waals surface area contributed by atoms with Gasteiger partial charge in [0.2, 0.25) is 11.8 Å². The molecule has 4 heteroatoms. The summed E-state index contributed by atoms with van der Waals surface area (Å²) < 4.78 is 0. The Morgan fingerprint density at radius 3 is 2.44 bits per heavy atom. The van der Waals surface area contributed by atoms with Crippen molar-refractivity contribution in [2.45, 2.75) is 19.4 Å². The predicted octanol–water partition coefficient (Wildman–Crippen LogP) is 3.01. The van der Waals surface area contributed by atoms with Crippen molar-refractivity contribution in [3.8, 4) is 11.1 Å². The van der Waals surface area contributed by atoms with Crippen LogP contribution < -0.4 is 10.6 Å². The summed E-state index contributed by atoms with van der Waals surface area (Å²) in [6.07, 6.45) is 4.11. The highest BCUT2D eigenvalue weighted by Crippen LogP contribution is 2.19. The summed E-state index contributed by atoms with van der Waals surface area (Å²) in [5, 5.41) is 5.57. The van der Waals surface area contributed by atoms with E-state index >= 15 is 0 Å². The first-order chi connectivity index (χ1) is 12.1. The Balaban J connectivity index is 1.61. The van der Waals surface area contributed by atoms with Gasteiger partial charge in [0.15, 0.2) is 0 Å². The van der Waals surface area contributed by atoms with Crippen LogP contribution in [0.15, 0.2) is 60.7 Å². The van der Waals surface area contributed by atoms with E-state index in [-0.39, 0.29) is 17.7 Å². The van der Waals surface area contributed by atoms with Crippen LogP contribution in [0.4, 0.5) is 0 Å². The van der Waals surface area contributed by atoms with Gasteiger partial charge >= 0.3 is 0 Å². The fourth-order valence-corrected chi connectivity index (χ4v) is 2.96. The third-order valence-corrected chi connectivity index (χ3v) is 4.49. The molecule has 4 nitrogen and oxygen atoms in total. The minimum Gasteiger partial charge on any atom is -0.354 e. The third kappa shape index (κ3) is 4.35. The number of carbonyl (C=O) groups excluding carboxylic acids is 2. The molecular formula is C21H22N2O2. The highest BCUT2D eigenvalue weighted by Gasteiger charge is 2.29. The first kappa shape index (κ1) is 17.0. The molecular weight excluding hydrogens is 312 g/mol. The van der Waals surface area contributed by atoms with Crippen LogP contribution in [0.5, 0.6) is 0 Å². The summed E-state index contributed by atoms with van der Waals surface area (Å²) in [4.78, 5) is 23.9. The van der Waals surface area contributed by atoms with E-state index in [0.29, 0.717) is 6.54 Å². The van der Waals surface area contributed by atoms with Gasteiger partial charge in [-0.3, -0.25) is 9.59 Å². The van der Waals surface area contributed by atoms with E-state index in [1.54, 1.807) is 6.08 Å². The van der Waals surface area contributed by atoms with Gasteiger partial charge in [-0.2, -0.15) is 0 Å². The monoisotopic (exact) mass is 334 g/mol. The van der Waals surface area contributed by atoms with Crippen LogP contribution in [-0.2, 0) is 9.59 Å². The highest BCUT2D eigenvalue weighted by molar-refractivity contribution is 5.95. The molecule has 0 aromatic heterocycles. The van der Waals surface area contributed by atoms with Crippen molar-refractivity contribution < 1.29 is 9.59 Å². The molecule has 2 N–H and O–H groups in total. The Labute approximate surface area is 148 Å². The van der Waals surface area contributed by atoms with E-state index < -0.39 is 6.04 Å². The normalized spacial score (nSPS) is 20.3. The number of hydrogen-bond acceptors (Lipinski definition) is 2. The molecule has 2 unspecified atom stereocenters. The van der Waals surface area contributed by atoms with E-state index in [4.69, 9.17) is 0 Å². The third-order valence-electron chi connectivity index (χ3n) is 4.49. The number of nitrogens with one attached hydrogen (secondary N) is 2. The van der Waals surface area contributed by atoms with Crippen LogP contribution in [0.25, 0.3) is 17.2 Å². The van der Waals surface area contributed by atoms with E-state index in [1.807, 2.05) is 49.4 Å². The van der Waals surface area contributed by atoms with E-state index in [9.17, 15) is 9.59 Å². The smallest absolute Gasteiger partial charge is 0.244 e. The number of piperidine rings is 1. The van der Waals surface area contributed by atoms with Crippen molar-refractivity contribution >= 4 is 17.9 Å². The van der Waals surface area contributed by atoms with Crippen molar-refractivity contribution in [1.29, 1.82) is 0 Å². The summed E-state index contributed by atoms with van der Waals surface area (Å²) in [6.45, 7) is 2.66. The zero-order valence-electron chi connectivity index (χ0n) is 14.2. The molecule has 0 spiro atoms. The van der Waals surface area contributed by atoms with E-state index in [2.05, 4.69) is 22.8 Å². The van der Waals surface area contributed by atoms with E-state index in [0.717, 1.165) is 23.1 Å². The lowest BCUT2D eigenvalue weighted by atomic mass is 9.94. The number of hydrogen-bond donors (Lipinski definition) is 2. The molecule has 2 aromatic carbocycles. The topological polar surface area (TPSA) is 58.2 Å². The zero-order valence-corrected chi connectivity index (χ0v) is 14.2. The summed E-state index contributed by atoms with van der Waals surface area (Å²) >= 11 is 0. The van der Waals surface area contributed by atoms with Crippen molar-refractivity contribution in [2.24, 2.45) is 5.92 Å². The Bertz CT molecular complexity index is 766. The largest absolute Gasteiger partial charge is 0.354 e. The molecule has 3 rings (SSSR count). The van der Waals surface area contributed by atoms with Crippen molar-refractivity contribution in [3.63, 3.8) is 0 Å². The molecule has 128 valence electrons. The Morgan fingerprint density at radius 1 is 1.08 bits per heavy atom. The minimum atomic E-state index is -0.452. The van der Waals surface area contributed by atoms with Crippen LogP contribution in [0, 0.1) is 5.92 Å². The first-order valence-electron chi connectivity index (χ1n) is 8.55. The molecule has 1 heterocycles. The molecule has 0 radical (unpaired) electrons. The Kier molecular flexibility index (Phi) is 5.29. The maximum absolute atomic E-state index is 12.1. The average molecular weight is 334 g/mol. The lowest BCUT2D eigenvalue weighted by Gasteiger charge is -2.28. The van der Waals surface area contributed by atoms with E-state index in [1.165, 1.54) is 6.08 Å². The minimum absolute atomic E-state index is 0.104.